The Morgan fingerprint density at radius 1 is 1.15 bits per heavy atom. The summed E-state index contributed by atoms with van der Waals surface area (Å²) in [7, 11) is 0. The molecule has 5 heteroatoms. The van der Waals surface area contributed by atoms with Gasteiger partial charge in [-0.2, -0.15) is 0 Å². The molecule has 0 fully saturated rings. The van der Waals surface area contributed by atoms with Crippen molar-refractivity contribution in [1.82, 2.24) is 0 Å². The first-order valence-electron chi connectivity index (χ1n) is 6.92. The lowest BCUT2D eigenvalue weighted by Gasteiger charge is -2.14. The van der Waals surface area contributed by atoms with Gasteiger partial charge >= 0.3 is 5.97 Å². The average molecular weight is 284 g/mol. The number of carboxylic acids is 1. The number of hydrogen-bond acceptors (Lipinski definition) is 3. The lowest BCUT2D eigenvalue weighted by molar-refractivity contribution is 0.0695. The van der Waals surface area contributed by atoms with Crippen LogP contribution in [0.4, 0.5) is 4.39 Å². The second-order valence-corrected chi connectivity index (χ2v) is 4.49. The Hall–Kier alpha value is -1.78. The van der Waals surface area contributed by atoms with E-state index >= 15 is 0 Å². The van der Waals surface area contributed by atoms with Gasteiger partial charge in [0.1, 0.15) is 0 Å². The van der Waals surface area contributed by atoms with Crippen LogP contribution in [0.15, 0.2) is 12.1 Å². The zero-order valence-corrected chi connectivity index (χ0v) is 11.9. The fourth-order valence-corrected chi connectivity index (χ4v) is 1.58. The zero-order valence-electron chi connectivity index (χ0n) is 11.9. The molecule has 0 heterocycles. The van der Waals surface area contributed by atoms with Gasteiger partial charge in [0, 0.05) is 0 Å². The van der Waals surface area contributed by atoms with Crippen LogP contribution in [0.1, 0.15) is 49.9 Å². The number of hydrogen-bond donors (Lipinski definition) is 1. The van der Waals surface area contributed by atoms with Crippen LogP contribution in [0, 0.1) is 5.82 Å². The maximum Gasteiger partial charge on any atom is 0.335 e. The van der Waals surface area contributed by atoms with Crippen molar-refractivity contribution < 1.29 is 23.8 Å². The molecular weight excluding hydrogens is 263 g/mol. The van der Waals surface area contributed by atoms with Gasteiger partial charge in [-0.05, 0) is 25.0 Å². The van der Waals surface area contributed by atoms with Crippen LogP contribution < -0.4 is 9.47 Å². The molecule has 0 saturated heterocycles. The minimum absolute atomic E-state index is 0.000414. The van der Waals surface area contributed by atoms with E-state index in [9.17, 15) is 9.18 Å². The quantitative estimate of drug-likeness (QED) is 0.699. The summed E-state index contributed by atoms with van der Waals surface area (Å²) in [5.74, 6) is -1.73. The molecule has 112 valence electrons. The van der Waals surface area contributed by atoms with Crippen molar-refractivity contribution in [2.45, 2.75) is 39.5 Å². The fourth-order valence-electron chi connectivity index (χ4n) is 1.58. The Morgan fingerprint density at radius 2 is 1.75 bits per heavy atom. The fraction of sp³-hybridized carbons (Fsp3) is 0.533. The minimum Gasteiger partial charge on any atom is -0.490 e. The van der Waals surface area contributed by atoms with Crippen molar-refractivity contribution >= 4 is 5.97 Å². The molecule has 1 N–H and O–H groups in total. The number of halogens is 1. The van der Waals surface area contributed by atoms with E-state index in [0.717, 1.165) is 31.7 Å². The van der Waals surface area contributed by atoms with Gasteiger partial charge in [-0.1, -0.05) is 26.7 Å². The van der Waals surface area contributed by atoms with Gasteiger partial charge < -0.3 is 14.6 Å². The Labute approximate surface area is 118 Å². The van der Waals surface area contributed by atoms with E-state index in [0.29, 0.717) is 13.2 Å². The molecule has 1 aromatic rings. The lowest BCUT2D eigenvalue weighted by atomic mass is 10.2. The van der Waals surface area contributed by atoms with Crippen molar-refractivity contribution in [3.05, 3.63) is 23.5 Å². The van der Waals surface area contributed by atoms with Gasteiger partial charge in [-0.3, -0.25) is 0 Å². The number of carboxylic acid groups (broad SMARTS) is 1. The molecule has 1 rings (SSSR count). The highest BCUT2D eigenvalue weighted by Gasteiger charge is 2.17. The second-order valence-electron chi connectivity index (χ2n) is 4.49. The van der Waals surface area contributed by atoms with Gasteiger partial charge in [0.2, 0.25) is 0 Å². The third-order valence-corrected chi connectivity index (χ3v) is 2.76. The average Bonchev–Trinajstić information content (AvgIpc) is 2.41. The van der Waals surface area contributed by atoms with Crippen molar-refractivity contribution in [1.29, 1.82) is 0 Å². The van der Waals surface area contributed by atoms with Crippen molar-refractivity contribution in [3.8, 4) is 11.5 Å². The van der Waals surface area contributed by atoms with E-state index in [1.807, 2.05) is 13.8 Å². The normalized spacial score (nSPS) is 10.3. The van der Waals surface area contributed by atoms with Crippen LogP contribution >= 0.6 is 0 Å². The highest BCUT2D eigenvalue weighted by atomic mass is 19.1. The molecule has 0 radical (unpaired) electrons. The van der Waals surface area contributed by atoms with Crippen molar-refractivity contribution in [2.75, 3.05) is 13.2 Å². The summed E-state index contributed by atoms with van der Waals surface area (Å²) in [5, 5.41) is 8.95. The molecule has 0 atom stereocenters. The van der Waals surface area contributed by atoms with Crippen LogP contribution in [0.5, 0.6) is 11.5 Å². The van der Waals surface area contributed by atoms with Crippen molar-refractivity contribution in [2.24, 2.45) is 0 Å². The Balaban J connectivity index is 2.95. The largest absolute Gasteiger partial charge is 0.490 e. The second kappa shape index (κ2) is 8.40. The molecule has 4 nitrogen and oxygen atoms in total. The van der Waals surface area contributed by atoms with E-state index in [4.69, 9.17) is 14.6 Å². The first kappa shape index (κ1) is 16.3. The van der Waals surface area contributed by atoms with Gasteiger partial charge in [0.25, 0.3) is 0 Å². The van der Waals surface area contributed by atoms with Crippen LogP contribution in [0.3, 0.4) is 0 Å². The molecule has 0 unspecified atom stereocenters. The highest BCUT2D eigenvalue weighted by molar-refractivity contribution is 5.88. The summed E-state index contributed by atoms with van der Waals surface area (Å²) in [6, 6.07) is 2.26. The van der Waals surface area contributed by atoms with Crippen LogP contribution in [-0.4, -0.2) is 24.3 Å². The molecule has 0 spiro atoms. The molecule has 20 heavy (non-hydrogen) atoms. The number of benzene rings is 1. The molecule has 0 bridgehead atoms. The van der Waals surface area contributed by atoms with Crippen LogP contribution in [-0.2, 0) is 0 Å². The Kier molecular flexibility index (Phi) is 6.84. The smallest absolute Gasteiger partial charge is 0.335 e. The van der Waals surface area contributed by atoms with E-state index < -0.39 is 11.8 Å². The monoisotopic (exact) mass is 284 g/mol. The van der Waals surface area contributed by atoms with E-state index in [-0.39, 0.29) is 17.1 Å². The number of unbranched alkanes of at least 4 members (excludes halogenated alkanes) is 2. The number of carbonyl (C=O) groups is 1. The molecule has 0 aliphatic heterocycles. The Bertz CT molecular complexity index is 446. The first-order chi connectivity index (χ1) is 9.60. The molecular formula is C15H21FO4. The topological polar surface area (TPSA) is 55.8 Å². The van der Waals surface area contributed by atoms with Gasteiger partial charge in [0.05, 0.1) is 18.8 Å². The van der Waals surface area contributed by atoms with Gasteiger partial charge in [-0.15, -0.1) is 0 Å². The van der Waals surface area contributed by atoms with Crippen LogP contribution in [0.25, 0.3) is 0 Å². The third kappa shape index (κ3) is 4.72. The van der Waals surface area contributed by atoms with Crippen LogP contribution in [0.2, 0.25) is 0 Å². The van der Waals surface area contributed by atoms with E-state index in [1.54, 1.807) is 0 Å². The molecule has 0 saturated carbocycles. The number of aromatic carboxylic acids is 1. The number of ether oxygens (including phenoxy) is 2. The predicted octanol–water partition coefficient (Wildman–Crippen LogP) is 3.88. The third-order valence-electron chi connectivity index (χ3n) is 2.76. The summed E-state index contributed by atoms with van der Waals surface area (Å²) in [5.41, 5.74) is -0.142. The minimum atomic E-state index is -1.19. The lowest BCUT2D eigenvalue weighted by Crippen LogP contribution is -2.06. The summed E-state index contributed by atoms with van der Waals surface area (Å²) >= 11 is 0. The number of rotatable bonds is 9. The maximum atomic E-state index is 13.9. The van der Waals surface area contributed by atoms with Gasteiger partial charge in [-0.25, -0.2) is 9.18 Å². The summed E-state index contributed by atoms with van der Waals surface area (Å²) in [6.45, 7) is 4.80. The van der Waals surface area contributed by atoms with E-state index in [1.165, 1.54) is 6.07 Å². The Morgan fingerprint density at radius 3 is 2.30 bits per heavy atom. The van der Waals surface area contributed by atoms with E-state index in [2.05, 4.69) is 0 Å². The van der Waals surface area contributed by atoms with Crippen molar-refractivity contribution in [3.63, 3.8) is 0 Å². The summed E-state index contributed by atoms with van der Waals surface area (Å²) in [6.07, 6.45) is 3.48. The first-order valence-corrected chi connectivity index (χ1v) is 6.92. The molecule has 1 aromatic carbocycles. The molecule has 0 aromatic heterocycles. The maximum absolute atomic E-state index is 13.9. The predicted molar refractivity (Wildman–Crippen MR) is 74.2 cm³/mol. The SMILES string of the molecule is CCCCOc1cc(C(=O)O)cc(F)c1OCCCC. The molecule has 0 aliphatic rings. The molecule has 0 aliphatic carbocycles. The summed E-state index contributed by atoms with van der Waals surface area (Å²) < 4.78 is 24.8. The summed E-state index contributed by atoms with van der Waals surface area (Å²) in [4.78, 5) is 10.9. The molecule has 0 amide bonds. The van der Waals surface area contributed by atoms with Gasteiger partial charge in [0.15, 0.2) is 17.3 Å². The highest BCUT2D eigenvalue weighted by Crippen LogP contribution is 2.32. The zero-order chi connectivity index (χ0) is 15.0. The standard InChI is InChI=1S/C15H21FO4/c1-3-5-7-19-13-10-11(15(17)18)9-12(16)14(13)20-8-6-4-2/h9-10H,3-8H2,1-2H3,(H,17,18).